The van der Waals surface area contributed by atoms with E-state index >= 15 is 0 Å². The molecule has 0 aliphatic rings. The highest BCUT2D eigenvalue weighted by Gasteiger charge is 2.15. The van der Waals surface area contributed by atoms with Gasteiger partial charge < -0.3 is 13.9 Å². The normalized spacial score (nSPS) is 11.0. The summed E-state index contributed by atoms with van der Waals surface area (Å²) in [6.45, 7) is 4.08. The minimum atomic E-state index is -0.646. The number of carbonyl (C=O) groups excluding carboxylic acids is 1. The van der Waals surface area contributed by atoms with Gasteiger partial charge in [0.15, 0.2) is 0 Å². The van der Waals surface area contributed by atoms with E-state index in [1.54, 1.807) is 6.07 Å². The Morgan fingerprint density at radius 2 is 1.71 bits per heavy atom. The summed E-state index contributed by atoms with van der Waals surface area (Å²) in [7, 11) is 0. The molecule has 0 aliphatic heterocycles. The third-order valence-electron chi connectivity index (χ3n) is 4.77. The van der Waals surface area contributed by atoms with E-state index in [1.807, 2.05) is 32.0 Å². The van der Waals surface area contributed by atoms with E-state index in [-0.39, 0.29) is 34.0 Å². The first-order valence-electron chi connectivity index (χ1n) is 9.72. The first-order valence-corrected chi connectivity index (χ1v) is 9.72. The Morgan fingerprint density at radius 3 is 2.45 bits per heavy atom. The van der Waals surface area contributed by atoms with Gasteiger partial charge in [0.05, 0.1) is 10.9 Å². The van der Waals surface area contributed by atoms with E-state index in [4.69, 9.17) is 13.9 Å². The summed E-state index contributed by atoms with van der Waals surface area (Å²) in [5, 5.41) is 0.293. The zero-order chi connectivity index (χ0) is 22.0. The highest BCUT2D eigenvalue weighted by atomic mass is 19.1. The van der Waals surface area contributed by atoms with Crippen molar-refractivity contribution in [2.45, 2.75) is 19.8 Å². The van der Waals surface area contributed by atoms with Crippen LogP contribution in [0.15, 0.2) is 82.2 Å². The Kier molecular flexibility index (Phi) is 5.54. The van der Waals surface area contributed by atoms with Crippen molar-refractivity contribution in [2.24, 2.45) is 0 Å². The smallest absolute Gasteiger partial charge is 0.343 e. The van der Waals surface area contributed by atoms with Gasteiger partial charge in [-0.15, -0.1) is 0 Å². The van der Waals surface area contributed by atoms with Gasteiger partial charge in [-0.2, -0.15) is 0 Å². The number of benzene rings is 3. The van der Waals surface area contributed by atoms with Gasteiger partial charge in [-0.3, -0.25) is 4.79 Å². The molecule has 1 heterocycles. The second-order valence-corrected chi connectivity index (χ2v) is 7.28. The van der Waals surface area contributed by atoms with Crippen LogP contribution in [0.4, 0.5) is 4.39 Å². The van der Waals surface area contributed by atoms with Crippen LogP contribution in [0.2, 0.25) is 0 Å². The molecule has 4 aromatic rings. The predicted octanol–water partition coefficient (Wildman–Crippen LogP) is 6.07. The molecule has 3 aromatic carbocycles. The summed E-state index contributed by atoms with van der Waals surface area (Å²) in [6, 6.07) is 17.0. The van der Waals surface area contributed by atoms with Crippen LogP contribution in [-0.4, -0.2) is 5.97 Å². The molecule has 4 rings (SSSR count). The lowest BCUT2D eigenvalue weighted by Gasteiger charge is -2.13. The number of para-hydroxylation sites is 1. The van der Waals surface area contributed by atoms with Gasteiger partial charge in [0.2, 0.25) is 11.2 Å². The first kappa shape index (κ1) is 20.3. The molecule has 156 valence electrons. The predicted molar refractivity (Wildman–Crippen MR) is 114 cm³/mol. The Bertz CT molecular complexity index is 1310. The maximum absolute atomic E-state index is 13.0. The SMILES string of the molecule is CC(C)c1ccccc1Oc1coc2cc(OC(=O)c3ccc(F)cc3)ccc2c1=O. The highest BCUT2D eigenvalue weighted by Crippen LogP contribution is 2.30. The quantitative estimate of drug-likeness (QED) is 0.291. The molecular weight excluding hydrogens is 399 g/mol. The van der Waals surface area contributed by atoms with Crippen LogP contribution in [0.3, 0.4) is 0 Å². The number of ether oxygens (including phenoxy) is 2. The fourth-order valence-corrected chi connectivity index (χ4v) is 3.15. The summed E-state index contributed by atoms with van der Waals surface area (Å²) in [5.41, 5.74) is 1.09. The molecular formula is C25H19FO5. The molecule has 0 radical (unpaired) electrons. The van der Waals surface area contributed by atoms with E-state index in [0.717, 1.165) is 5.56 Å². The number of esters is 1. The second-order valence-electron chi connectivity index (χ2n) is 7.28. The van der Waals surface area contributed by atoms with E-state index in [0.29, 0.717) is 11.1 Å². The Morgan fingerprint density at radius 1 is 0.968 bits per heavy atom. The molecule has 0 amide bonds. The van der Waals surface area contributed by atoms with E-state index in [2.05, 4.69) is 0 Å². The standard InChI is InChI=1S/C25H19FO5/c1-15(2)19-5-3-4-6-21(19)31-23-14-29-22-13-18(11-12-20(22)24(23)27)30-25(28)16-7-9-17(26)10-8-16/h3-15H,1-2H3. The number of halogens is 1. The van der Waals surface area contributed by atoms with Gasteiger partial charge >= 0.3 is 5.97 Å². The summed E-state index contributed by atoms with van der Waals surface area (Å²) in [6.07, 6.45) is 1.24. The van der Waals surface area contributed by atoms with Crippen molar-refractivity contribution < 1.29 is 23.1 Å². The van der Waals surface area contributed by atoms with Crippen molar-refractivity contribution in [3.63, 3.8) is 0 Å². The van der Waals surface area contributed by atoms with Gasteiger partial charge in [-0.1, -0.05) is 32.0 Å². The lowest BCUT2D eigenvalue weighted by molar-refractivity contribution is 0.0735. The van der Waals surface area contributed by atoms with Gasteiger partial charge in [0.25, 0.3) is 0 Å². The molecule has 0 spiro atoms. The lowest BCUT2D eigenvalue weighted by Crippen LogP contribution is -2.09. The van der Waals surface area contributed by atoms with Crippen molar-refractivity contribution >= 4 is 16.9 Å². The Balaban J connectivity index is 1.60. The molecule has 1 aromatic heterocycles. The minimum absolute atomic E-state index is 0.0663. The number of hydrogen-bond acceptors (Lipinski definition) is 5. The molecule has 5 nitrogen and oxygen atoms in total. The van der Waals surface area contributed by atoms with Crippen molar-refractivity contribution in [3.05, 3.63) is 100 Å². The molecule has 0 atom stereocenters. The molecule has 0 saturated heterocycles. The number of hydrogen-bond donors (Lipinski definition) is 0. The summed E-state index contributed by atoms with van der Waals surface area (Å²) in [5.74, 6) is -0.0125. The van der Waals surface area contributed by atoms with Crippen LogP contribution >= 0.6 is 0 Å². The summed E-state index contributed by atoms with van der Waals surface area (Å²) < 4.78 is 29.7. The first-order chi connectivity index (χ1) is 14.9. The molecule has 0 saturated carbocycles. The summed E-state index contributed by atoms with van der Waals surface area (Å²) >= 11 is 0. The fourth-order valence-electron chi connectivity index (χ4n) is 3.15. The molecule has 6 heteroatoms. The Labute approximate surface area is 177 Å². The average Bonchev–Trinajstić information content (AvgIpc) is 2.76. The maximum Gasteiger partial charge on any atom is 0.343 e. The van der Waals surface area contributed by atoms with Gasteiger partial charge in [-0.05, 0) is 53.9 Å². The maximum atomic E-state index is 13.0. The van der Waals surface area contributed by atoms with E-state index < -0.39 is 11.8 Å². The van der Waals surface area contributed by atoms with Crippen LogP contribution < -0.4 is 14.9 Å². The summed E-state index contributed by atoms with van der Waals surface area (Å²) in [4.78, 5) is 25.1. The van der Waals surface area contributed by atoms with Crippen LogP contribution in [0, 0.1) is 5.82 Å². The van der Waals surface area contributed by atoms with Gasteiger partial charge in [0, 0.05) is 6.07 Å². The largest absolute Gasteiger partial charge is 0.460 e. The topological polar surface area (TPSA) is 65.7 Å². The van der Waals surface area contributed by atoms with Crippen molar-refractivity contribution in [3.8, 4) is 17.2 Å². The van der Waals surface area contributed by atoms with Gasteiger partial charge in [0.1, 0.15) is 29.2 Å². The monoisotopic (exact) mass is 418 g/mol. The zero-order valence-corrected chi connectivity index (χ0v) is 16.9. The van der Waals surface area contributed by atoms with E-state index in [1.165, 1.54) is 48.7 Å². The van der Waals surface area contributed by atoms with Crippen LogP contribution in [0.5, 0.6) is 17.2 Å². The molecule has 0 unspecified atom stereocenters. The molecule has 0 fully saturated rings. The lowest BCUT2D eigenvalue weighted by atomic mass is 10.0. The minimum Gasteiger partial charge on any atom is -0.460 e. The molecule has 0 N–H and O–H groups in total. The molecule has 0 bridgehead atoms. The van der Waals surface area contributed by atoms with Crippen molar-refractivity contribution in [2.75, 3.05) is 0 Å². The van der Waals surface area contributed by atoms with Crippen LogP contribution in [0.1, 0.15) is 35.7 Å². The van der Waals surface area contributed by atoms with Gasteiger partial charge in [-0.25, -0.2) is 9.18 Å². The van der Waals surface area contributed by atoms with Crippen molar-refractivity contribution in [1.29, 1.82) is 0 Å². The Hall–Kier alpha value is -3.93. The van der Waals surface area contributed by atoms with E-state index in [9.17, 15) is 14.0 Å². The van der Waals surface area contributed by atoms with Crippen LogP contribution in [-0.2, 0) is 0 Å². The molecule has 0 aliphatic carbocycles. The number of carbonyl (C=O) groups is 1. The second kappa shape index (κ2) is 8.44. The number of fused-ring (bicyclic) bond motifs is 1. The fraction of sp³-hybridized carbons (Fsp3) is 0.120. The van der Waals surface area contributed by atoms with Crippen molar-refractivity contribution in [1.82, 2.24) is 0 Å². The third-order valence-corrected chi connectivity index (χ3v) is 4.77. The highest BCUT2D eigenvalue weighted by molar-refractivity contribution is 5.91. The molecule has 31 heavy (non-hydrogen) atoms. The average molecular weight is 418 g/mol. The number of rotatable bonds is 5. The third kappa shape index (κ3) is 4.33. The zero-order valence-electron chi connectivity index (χ0n) is 16.9. The van der Waals surface area contributed by atoms with Crippen LogP contribution in [0.25, 0.3) is 11.0 Å².